The lowest BCUT2D eigenvalue weighted by Crippen LogP contribution is -2.39. The smallest absolute Gasteiger partial charge is 0.317 e. The number of rotatable bonds is 4. The van der Waals surface area contributed by atoms with E-state index in [0.717, 1.165) is 25.0 Å². The van der Waals surface area contributed by atoms with Crippen molar-refractivity contribution in [1.82, 2.24) is 15.2 Å². The van der Waals surface area contributed by atoms with Gasteiger partial charge in [0.2, 0.25) is 0 Å². The summed E-state index contributed by atoms with van der Waals surface area (Å²) < 4.78 is 0. The van der Waals surface area contributed by atoms with Gasteiger partial charge in [0.1, 0.15) is 0 Å². The van der Waals surface area contributed by atoms with Crippen molar-refractivity contribution in [1.29, 1.82) is 0 Å². The zero-order chi connectivity index (χ0) is 11.4. The van der Waals surface area contributed by atoms with Crippen molar-refractivity contribution in [3.8, 4) is 0 Å². The molecule has 1 N–H and O–H groups in total. The van der Waals surface area contributed by atoms with Crippen LogP contribution in [0.3, 0.4) is 0 Å². The summed E-state index contributed by atoms with van der Waals surface area (Å²) in [5.74, 6) is 0. The maximum atomic E-state index is 11.6. The topological polar surface area (TPSA) is 45.2 Å². The second-order valence-corrected chi connectivity index (χ2v) is 4.22. The van der Waals surface area contributed by atoms with Gasteiger partial charge in [-0.25, -0.2) is 4.79 Å². The minimum absolute atomic E-state index is 0.0263. The summed E-state index contributed by atoms with van der Waals surface area (Å²) in [5, 5.41) is 2.96. The number of nitrogens with one attached hydrogen (secondary N) is 1. The SMILES string of the molecule is CN(CCc1ccccn1)C(=O)NC1CC1. The quantitative estimate of drug-likeness (QED) is 0.832. The van der Waals surface area contributed by atoms with Crippen LogP contribution in [0.25, 0.3) is 0 Å². The zero-order valence-electron chi connectivity index (χ0n) is 9.52. The van der Waals surface area contributed by atoms with Crippen molar-refractivity contribution < 1.29 is 4.79 Å². The third-order valence-electron chi connectivity index (χ3n) is 2.68. The number of amides is 2. The van der Waals surface area contributed by atoms with E-state index in [1.165, 1.54) is 0 Å². The highest BCUT2D eigenvalue weighted by atomic mass is 16.2. The first-order chi connectivity index (χ1) is 7.75. The second kappa shape index (κ2) is 4.96. The van der Waals surface area contributed by atoms with Gasteiger partial charge in [0.15, 0.2) is 0 Å². The summed E-state index contributed by atoms with van der Waals surface area (Å²) in [6.07, 6.45) is 4.83. The predicted molar refractivity (Wildman–Crippen MR) is 62.1 cm³/mol. The van der Waals surface area contributed by atoms with Crippen LogP contribution in [0.2, 0.25) is 0 Å². The zero-order valence-corrected chi connectivity index (χ0v) is 9.52. The van der Waals surface area contributed by atoms with Crippen LogP contribution in [0.5, 0.6) is 0 Å². The average molecular weight is 219 g/mol. The van der Waals surface area contributed by atoms with Crippen LogP contribution >= 0.6 is 0 Å². The number of aromatic nitrogens is 1. The molecule has 1 aromatic heterocycles. The molecule has 16 heavy (non-hydrogen) atoms. The average Bonchev–Trinajstić information content (AvgIpc) is 3.11. The van der Waals surface area contributed by atoms with Crippen LogP contribution in [0.15, 0.2) is 24.4 Å². The number of hydrogen-bond acceptors (Lipinski definition) is 2. The molecular weight excluding hydrogens is 202 g/mol. The monoisotopic (exact) mass is 219 g/mol. The molecule has 86 valence electrons. The van der Waals surface area contributed by atoms with Gasteiger partial charge >= 0.3 is 6.03 Å². The van der Waals surface area contributed by atoms with Gasteiger partial charge in [-0.15, -0.1) is 0 Å². The van der Waals surface area contributed by atoms with Crippen molar-refractivity contribution in [2.24, 2.45) is 0 Å². The van der Waals surface area contributed by atoms with E-state index < -0.39 is 0 Å². The highest BCUT2D eigenvalue weighted by Gasteiger charge is 2.24. The van der Waals surface area contributed by atoms with Crippen molar-refractivity contribution in [2.75, 3.05) is 13.6 Å². The standard InChI is InChI=1S/C12H17N3O/c1-15(12(16)14-11-5-6-11)9-7-10-4-2-3-8-13-10/h2-4,8,11H,5-7,9H2,1H3,(H,14,16). The Kier molecular flexibility index (Phi) is 3.39. The second-order valence-electron chi connectivity index (χ2n) is 4.22. The Morgan fingerprint density at radius 3 is 3.00 bits per heavy atom. The first kappa shape index (κ1) is 10.9. The van der Waals surface area contributed by atoms with E-state index in [1.54, 1.807) is 11.1 Å². The van der Waals surface area contributed by atoms with Gasteiger partial charge in [-0.2, -0.15) is 0 Å². The molecule has 1 aromatic rings. The molecule has 0 aliphatic heterocycles. The minimum atomic E-state index is 0.0263. The van der Waals surface area contributed by atoms with Crippen molar-refractivity contribution in [2.45, 2.75) is 25.3 Å². The summed E-state index contributed by atoms with van der Waals surface area (Å²) in [6.45, 7) is 0.704. The van der Waals surface area contributed by atoms with E-state index in [-0.39, 0.29) is 6.03 Å². The molecule has 0 atom stereocenters. The third kappa shape index (κ3) is 3.22. The molecule has 1 aliphatic rings. The van der Waals surface area contributed by atoms with Gasteiger partial charge in [0.05, 0.1) is 0 Å². The fourth-order valence-corrected chi connectivity index (χ4v) is 1.44. The summed E-state index contributed by atoms with van der Waals surface area (Å²) in [5.41, 5.74) is 1.02. The highest BCUT2D eigenvalue weighted by molar-refractivity contribution is 5.74. The van der Waals surface area contributed by atoms with Gasteiger partial charge in [-0.3, -0.25) is 4.98 Å². The van der Waals surface area contributed by atoms with E-state index in [0.29, 0.717) is 12.6 Å². The lowest BCUT2D eigenvalue weighted by atomic mass is 10.2. The molecule has 0 unspecified atom stereocenters. The molecule has 2 rings (SSSR count). The van der Waals surface area contributed by atoms with Gasteiger partial charge in [0.25, 0.3) is 0 Å². The molecule has 1 aliphatic carbocycles. The Balaban J connectivity index is 1.74. The molecule has 0 aromatic carbocycles. The molecular formula is C12H17N3O. The molecule has 2 amide bonds. The maximum absolute atomic E-state index is 11.6. The van der Waals surface area contributed by atoms with E-state index in [4.69, 9.17) is 0 Å². The van der Waals surface area contributed by atoms with E-state index >= 15 is 0 Å². The van der Waals surface area contributed by atoms with Crippen LogP contribution in [-0.4, -0.2) is 35.5 Å². The van der Waals surface area contributed by atoms with Crippen molar-refractivity contribution >= 4 is 6.03 Å². The number of carbonyl (C=O) groups excluding carboxylic acids is 1. The molecule has 0 saturated heterocycles. The molecule has 4 heteroatoms. The van der Waals surface area contributed by atoms with Gasteiger partial charge in [-0.1, -0.05) is 6.07 Å². The van der Waals surface area contributed by atoms with Gasteiger partial charge in [0, 0.05) is 37.9 Å². The van der Waals surface area contributed by atoms with Gasteiger partial charge in [-0.05, 0) is 25.0 Å². The van der Waals surface area contributed by atoms with E-state index in [9.17, 15) is 4.79 Å². The molecule has 1 fully saturated rings. The molecule has 4 nitrogen and oxygen atoms in total. The summed E-state index contributed by atoms with van der Waals surface area (Å²) in [7, 11) is 1.82. The van der Waals surface area contributed by atoms with Crippen LogP contribution < -0.4 is 5.32 Å². The highest BCUT2D eigenvalue weighted by Crippen LogP contribution is 2.18. The number of urea groups is 1. The predicted octanol–water partition coefficient (Wildman–Crippen LogP) is 1.43. The first-order valence-corrected chi connectivity index (χ1v) is 5.67. The Labute approximate surface area is 95.7 Å². The molecule has 1 heterocycles. The first-order valence-electron chi connectivity index (χ1n) is 5.67. The fraction of sp³-hybridized carbons (Fsp3) is 0.500. The summed E-state index contributed by atoms with van der Waals surface area (Å²) in [4.78, 5) is 17.5. The third-order valence-corrected chi connectivity index (χ3v) is 2.68. The Morgan fingerprint density at radius 1 is 1.56 bits per heavy atom. The van der Waals surface area contributed by atoms with Gasteiger partial charge < -0.3 is 10.2 Å². The lowest BCUT2D eigenvalue weighted by molar-refractivity contribution is 0.209. The largest absolute Gasteiger partial charge is 0.335 e. The molecule has 0 radical (unpaired) electrons. The molecule has 1 saturated carbocycles. The number of pyridine rings is 1. The number of likely N-dealkylation sites (N-methyl/N-ethyl adjacent to an activating group) is 1. The van der Waals surface area contributed by atoms with E-state index in [1.807, 2.05) is 25.2 Å². The minimum Gasteiger partial charge on any atom is -0.335 e. The van der Waals surface area contributed by atoms with Crippen LogP contribution in [0.1, 0.15) is 18.5 Å². The van der Waals surface area contributed by atoms with Crippen LogP contribution in [-0.2, 0) is 6.42 Å². The Morgan fingerprint density at radius 2 is 2.38 bits per heavy atom. The number of nitrogens with zero attached hydrogens (tertiary/aromatic N) is 2. The van der Waals surface area contributed by atoms with Crippen molar-refractivity contribution in [3.05, 3.63) is 30.1 Å². The molecule has 0 bridgehead atoms. The number of carbonyl (C=O) groups is 1. The summed E-state index contributed by atoms with van der Waals surface area (Å²) >= 11 is 0. The lowest BCUT2D eigenvalue weighted by Gasteiger charge is -2.17. The Bertz CT molecular complexity index is 349. The summed E-state index contributed by atoms with van der Waals surface area (Å²) in [6, 6.07) is 6.29. The fourth-order valence-electron chi connectivity index (χ4n) is 1.44. The number of hydrogen-bond donors (Lipinski definition) is 1. The van der Waals surface area contributed by atoms with Crippen molar-refractivity contribution in [3.63, 3.8) is 0 Å². The normalized spacial score (nSPS) is 14.6. The Hall–Kier alpha value is -1.58. The van der Waals surface area contributed by atoms with Crippen LogP contribution in [0, 0.1) is 0 Å². The van der Waals surface area contributed by atoms with Crippen LogP contribution in [0.4, 0.5) is 4.79 Å². The van der Waals surface area contributed by atoms with E-state index in [2.05, 4.69) is 10.3 Å². The maximum Gasteiger partial charge on any atom is 0.317 e. The molecule has 0 spiro atoms.